The largest absolute Gasteiger partial charge is 0.342 e. The molecule has 0 heterocycles. The highest BCUT2D eigenvalue weighted by Crippen LogP contribution is 2.48. The van der Waals surface area contributed by atoms with Crippen LogP contribution in [-0.2, 0) is 4.79 Å². The maximum atomic E-state index is 12.3. The minimum absolute atomic E-state index is 0.0127. The molecule has 0 spiro atoms. The second-order valence-electron chi connectivity index (χ2n) is 5.16. The zero-order valence-corrected chi connectivity index (χ0v) is 12.7. The standard InChI is InChI=1S/C15H17BrN2O/c1-10(6-7-17)18(2)15(19)14-9-13(14)11-4-3-5-12(16)8-11/h3-5,8,10,13-14H,6,9H2,1-2H3/t10-,13+,14-/m1/s1. The highest BCUT2D eigenvalue weighted by Gasteiger charge is 2.45. The molecule has 1 aromatic rings. The number of benzene rings is 1. The van der Waals surface area contributed by atoms with Crippen molar-refractivity contribution in [1.82, 2.24) is 4.90 Å². The molecule has 19 heavy (non-hydrogen) atoms. The van der Waals surface area contributed by atoms with Crippen molar-refractivity contribution in [3.05, 3.63) is 34.3 Å². The van der Waals surface area contributed by atoms with E-state index in [1.54, 1.807) is 11.9 Å². The smallest absolute Gasteiger partial charge is 0.226 e. The monoisotopic (exact) mass is 320 g/mol. The first-order valence-electron chi connectivity index (χ1n) is 6.43. The summed E-state index contributed by atoms with van der Waals surface area (Å²) in [6, 6.07) is 10.2. The van der Waals surface area contributed by atoms with Gasteiger partial charge in [-0.05, 0) is 37.0 Å². The number of halogens is 1. The van der Waals surface area contributed by atoms with Crippen molar-refractivity contribution in [2.45, 2.75) is 31.7 Å². The van der Waals surface area contributed by atoms with Crippen molar-refractivity contribution in [3.63, 3.8) is 0 Å². The maximum absolute atomic E-state index is 12.3. The molecule has 0 aromatic heterocycles. The Hall–Kier alpha value is -1.34. The minimum Gasteiger partial charge on any atom is -0.342 e. The molecule has 1 aliphatic carbocycles. The molecule has 0 N–H and O–H groups in total. The van der Waals surface area contributed by atoms with Crippen LogP contribution in [0.1, 0.15) is 31.2 Å². The molecule has 0 unspecified atom stereocenters. The predicted molar refractivity (Wildman–Crippen MR) is 77.5 cm³/mol. The first kappa shape index (κ1) is 14.1. The molecule has 0 radical (unpaired) electrons. The van der Waals surface area contributed by atoms with E-state index in [0.717, 1.165) is 10.9 Å². The van der Waals surface area contributed by atoms with Gasteiger partial charge in [0.05, 0.1) is 12.5 Å². The van der Waals surface area contributed by atoms with E-state index in [0.29, 0.717) is 12.3 Å². The summed E-state index contributed by atoms with van der Waals surface area (Å²) in [4.78, 5) is 14.0. The number of hydrogen-bond acceptors (Lipinski definition) is 2. The lowest BCUT2D eigenvalue weighted by Crippen LogP contribution is -2.36. The zero-order valence-electron chi connectivity index (χ0n) is 11.1. The van der Waals surface area contributed by atoms with Crippen molar-refractivity contribution in [3.8, 4) is 6.07 Å². The predicted octanol–water partition coefficient (Wildman–Crippen LogP) is 3.31. The maximum Gasteiger partial charge on any atom is 0.226 e. The van der Waals surface area contributed by atoms with Crippen molar-refractivity contribution in [2.24, 2.45) is 5.92 Å². The van der Waals surface area contributed by atoms with Crippen molar-refractivity contribution < 1.29 is 4.79 Å². The highest BCUT2D eigenvalue weighted by atomic mass is 79.9. The Labute approximate surface area is 122 Å². The van der Waals surface area contributed by atoms with Gasteiger partial charge < -0.3 is 4.90 Å². The van der Waals surface area contributed by atoms with Crippen molar-refractivity contribution in [1.29, 1.82) is 5.26 Å². The van der Waals surface area contributed by atoms with E-state index in [-0.39, 0.29) is 17.9 Å². The summed E-state index contributed by atoms with van der Waals surface area (Å²) in [5.74, 6) is 0.579. The molecule has 4 heteroatoms. The van der Waals surface area contributed by atoms with Gasteiger partial charge in [-0.1, -0.05) is 28.1 Å². The van der Waals surface area contributed by atoms with Gasteiger partial charge >= 0.3 is 0 Å². The Morgan fingerprint density at radius 3 is 3.00 bits per heavy atom. The van der Waals surface area contributed by atoms with Crippen LogP contribution in [0.4, 0.5) is 0 Å². The Bertz CT molecular complexity index is 523. The summed E-state index contributed by atoms with van der Waals surface area (Å²) in [6.07, 6.45) is 1.30. The lowest BCUT2D eigenvalue weighted by molar-refractivity contribution is -0.133. The molecule has 1 amide bonds. The van der Waals surface area contributed by atoms with E-state index in [9.17, 15) is 4.79 Å². The van der Waals surface area contributed by atoms with Crippen molar-refractivity contribution in [2.75, 3.05) is 7.05 Å². The molecule has 2 rings (SSSR count). The number of rotatable bonds is 4. The van der Waals surface area contributed by atoms with E-state index in [1.165, 1.54) is 5.56 Å². The first-order chi connectivity index (χ1) is 9.04. The molecule has 0 bridgehead atoms. The molecular formula is C15H17BrN2O. The number of hydrogen-bond donors (Lipinski definition) is 0. The zero-order chi connectivity index (χ0) is 14.0. The fourth-order valence-electron chi connectivity index (χ4n) is 2.32. The number of nitrogens with zero attached hydrogens (tertiary/aromatic N) is 2. The van der Waals surface area contributed by atoms with Gasteiger partial charge in [0.25, 0.3) is 0 Å². The third-order valence-electron chi connectivity index (χ3n) is 3.78. The SMILES string of the molecule is C[C@H](CC#N)N(C)C(=O)[C@@H]1C[C@H]1c1cccc(Br)c1. The second kappa shape index (κ2) is 5.75. The van der Waals surface area contributed by atoms with Gasteiger partial charge in [0.2, 0.25) is 5.91 Å². The normalized spacial score (nSPS) is 22.4. The van der Waals surface area contributed by atoms with Gasteiger partial charge in [-0.25, -0.2) is 0 Å². The Balaban J connectivity index is 1.99. The van der Waals surface area contributed by atoms with Gasteiger partial charge in [-0.15, -0.1) is 0 Å². The third kappa shape index (κ3) is 3.16. The first-order valence-corrected chi connectivity index (χ1v) is 7.23. The van der Waals surface area contributed by atoms with Gasteiger partial charge in [0.1, 0.15) is 0 Å². The Kier molecular flexibility index (Phi) is 4.26. The van der Waals surface area contributed by atoms with E-state index < -0.39 is 0 Å². The lowest BCUT2D eigenvalue weighted by atomic mass is 10.1. The van der Waals surface area contributed by atoms with Crippen LogP contribution < -0.4 is 0 Å². The molecule has 3 atom stereocenters. The van der Waals surface area contributed by atoms with E-state index in [2.05, 4.69) is 34.1 Å². The molecule has 1 aromatic carbocycles. The van der Waals surface area contributed by atoms with Crippen LogP contribution in [0.25, 0.3) is 0 Å². The molecule has 0 saturated heterocycles. The topological polar surface area (TPSA) is 44.1 Å². The fourth-order valence-corrected chi connectivity index (χ4v) is 2.74. The second-order valence-corrected chi connectivity index (χ2v) is 6.08. The van der Waals surface area contributed by atoms with Gasteiger partial charge in [0.15, 0.2) is 0 Å². The molecule has 100 valence electrons. The van der Waals surface area contributed by atoms with Crippen LogP contribution in [-0.4, -0.2) is 23.9 Å². The Morgan fingerprint density at radius 1 is 1.63 bits per heavy atom. The van der Waals surface area contributed by atoms with E-state index in [1.807, 2.05) is 19.1 Å². The van der Waals surface area contributed by atoms with Gasteiger partial charge in [-0.3, -0.25) is 4.79 Å². The molecule has 0 aliphatic heterocycles. The molecule has 1 fully saturated rings. The molecule has 1 saturated carbocycles. The van der Waals surface area contributed by atoms with Crippen LogP contribution in [0.5, 0.6) is 0 Å². The third-order valence-corrected chi connectivity index (χ3v) is 4.27. The molecule has 1 aliphatic rings. The summed E-state index contributed by atoms with van der Waals surface area (Å²) in [5, 5.41) is 8.69. The number of nitriles is 1. The average molecular weight is 321 g/mol. The van der Waals surface area contributed by atoms with Crippen LogP contribution in [0.2, 0.25) is 0 Å². The van der Waals surface area contributed by atoms with E-state index >= 15 is 0 Å². The summed E-state index contributed by atoms with van der Waals surface area (Å²) in [6.45, 7) is 1.91. The molecular weight excluding hydrogens is 304 g/mol. The summed E-state index contributed by atoms with van der Waals surface area (Å²) in [7, 11) is 1.79. The average Bonchev–Trinajstić information content (AvgIpc) is 3.17. The summed E-state index contributed by atoms with van der Waals surface area (Å²) in [5.41, 5.74) is 1.22. The minimum atomic E-state index is -0.0127. The highest BCUT2D eigenvalue weighted by molar-refractivity contribution is 9.10. The van der Waals surface area contributed by atoms with Crippen LogP contribution in [0.15, 0.2) is 28.7 Å². The fraction of sp³-hybridized carbons (Fsp3) is 0.467. The quantitative estimate of drug-likeness (QED) is 0.854. The van der Waals surface area contributed by atoms with Crippen LogP contribution >= 0.6 is 15.9 Å². The summed E-state index contributed by atoms with van der Waals surface area (Å²) < 4.78 is 1.05. The van der Waals surface area contributed by atoms with Gasteiger partial charge in [-0.2, -0.15) is 5.26 Å². The van der Waals surface area contributed by atoms with E-state index in [4.69, 9.17) is 5.26 Å². The van der Waals surface area contributed by atoms with Crippen molar-refractivity contribution >= 4 is 21.8 Å². The Morgan fingerprint density at radius 2 is 2.37 bits per heavy atom. The van der Waals surface area contributed by atoms with Gasteiger partial charge in [0, 0.05) is 23.5 Å². The number of carbonyl (C=O) groups excluding carboxylic acids is 1. The summed E-state index contributed by atoms with van der Waals surface area (Å²) >= 11 is 3.46. The number of amides is 1. The lowest BCUT2D eigenvalue weighted by Gasteiger charge is -2.23. The molecule has 3 nitrogen and oxygen atoms in total. The van der Waals surface area contributed by atoms with Crippen LogP contribution in [0, 0.1) is 17.2 Å². The number of carbonyl (C=O) groups is 1. The van der Waals surface area contributed by atoms with Crippen LogP contribution in [0.3, 0.4) is 0 Å².